The van der Waals surface area contributed by atoms with E-state index in [1.807, 2.05) is 0 Å². The van der Waals surface area contributed by atoms with E-state index >= 15 is 0 Å². The molecule has 0 aliphatic heterocycles. The number of hydrogen-bond acceptors (Lipinski definition) is 3. The van der Waals surface area contributed by atoms with Gasteiger partial charge in [0.15, 0.2) is 0 Å². The number of hydrogen-bond donors (Lipinski definition) is 2. The van der Waals surface area contributed by atoms with E-state index in [-0.39, 0.29) is 5.91 Å². The van der Waals surface area contributed by atoms with E-state index in [0.29, 0.717) is 11.4 Å². The largest absolute Gasteiger partial charge is 0.478 e. The van der Waals surface area contributed by atoms with Crippen molar-refractivity contribution >= 4 is 23.6 Å². The molecule has 2 N–H and O–H groups in total. The van der Waals surface area contributed by atoms with Crippen LogP contribution in [0.15, 0.2) is 54.7 Å². The average molecular weight is 268 g/mol. The fraction of sp³-hybridized carbons (Fsp3) is 0. The molecule has 20 heavy (non-hydrogen) atoms. The Bertz CT molecular complexity index is 634. The molecule has 0 saturated carbocycles. The van der Waals surface area contributed by atoms with Crippen LogP contribution in [-0.2, 0) is 4.79 Å². The van der Waals surface area contributed by atoms with Crippen molar-refractivity contribution in [3.05, 3.63) is 66.0 Å². The van der Waals surface area contributed by atoms with Crippen LogP contribution >= 0.6 is 0 Å². The van der Waals surface area contributed by atoms with E-state index in [1.165, 1.54) is 6.08 Å². The van der Waals surface area contributed by atoms with Crippen molar-refractivity contribution in [3.8, 4) is 0 Å². The molecule has 5 nitrogen and oxygen atoms in total. The second kappa shape index (κ2) is 6.29. The van der Waals surface area contributed by atoms with Gasteiger partial charge in [0.1, 0.15) is 5.69 Å². The number of pyridine rings is 1. The number of amides is 1. The normalized spacial score (nSPS) is 10.4. The first kappa shape index (κ1) is 13.5. The van der Waals surface area contributed by atoms with Gasteiger partial charge in [-0.15, -0.1) is 0 Å². The summed E-state index contributed by atoms with van der Waals surface area (Å²) in [5.74, 6) is -1.29. The first-order valence-electron chi connectivity index (χ1n) is 5.88. The standard InChI is InChI=1S/C15H12N2O3/c18-14(19)9-6-11-4-7-12(8-5-11)17-15(20)13-3-1-2-10-16-13/h1-10H,(H,17,20)(H,18,19)/b9-6+. The van der Waals surface area contributed by atoms with E-state index in [4.69, 9.17) is 5.11 Å². The topological polar surface area (TPSA) is 79.3 Å². The summed E-state index contributed by atoms with van der Waals surface area (Å²) in [6.07, 6.45) is 4.09. The molecule has 1 aromatic carbocycles. The lowest BCUT2D eigenvalue weighted by atomic mass is 10.2. The molecule has 0 unspecified atom stereocenters. The fourth-order valence-corrected chi connectivity index (χ4v) is 1.54. The van der Waals surface area contributed by atoms with Gasteiger partial charge in [-0.2, -0.15) is 0 Å². The molecule has 1 aromatic heterocycles. The maximum absolute atomic E-state index is 11.8. The summed E-state index contributed by atoms with van der Waals surface area (Å²) in [4.78, 5) is 26.2. The van der Waals surface area contributed by atoms with Gasteiger partial charge in [0.25, 0.3) is 5.91 Å². The second-order valence-corrected chi connectivity index (χ2v) is 3.96. The highest BCUT2D eigenvalue weighted by atomic mass is 16.4. The molecule has 0 saturated heterocycles. The summed E-state index contributed by atoms with van der Waals surface area (Å²) in [6.45, 7) is 0. The molecule has 1 amide bonds. The van der Waals surface area contributed by atoms with Crippen LogP contribution in [0.4, 0.5) is 5.69 Å². The highest BCUT2D eigenvalue weighted by Crippen LogP contribution is 2.11. The van der Waals surface area contributed by atoms with Gasteiger partial charge < -0.3 is 10.4 Å². The van der Waals surface area contributed by atoms with Gasteiger partial charge in [-0.1, -0.05) is 18.2 Å². The molecular weight excluding hydrogens is 256 g/mol. The zero-order chi connectivity index (χ0) is 14.4. The number of aromatic nitrogens is 1. The van der Waals surface area contributed by atoms with Gasteiger partial charge in [0, 0.05) is 18.0 Å². The summed E-state index contributed by atoms with van der Waals surface area (Å²) < 4.78 is 0. The van der Waals surface area contributed by atoms with Crippen molar-refractivity contribution in [3.63, 3.8) is 0 Å². The summed E-state index contributed by atoms with van der Waals surface area (Å²) >= 11 is 0. The first-order chi connectivity index (χ1) is 9.65. The van der Waals surface area contributed by atoms with Gasteiger partial charge in [-0.05, 0) is 35.9 Å². The number of nitrogens with zero attached hydrogens (tertiary/aromatic N) is 1. The molecule has 0 fully saturated rings. The minimum Gasteiger partial charge on any atom is -0.478 e. The van der Waals surface area contributed by atoms with Crippen LogP contribution in [0.5, 0.6) is 0 Å². The Hall–Kier alpha value is -2.95. The van der Waals surface area contributed by atoms with Crippen LogP contribution < -0.4 is 5.32 Å². The quantitative estimate of drug-likeness (QED) is 0.835. The van der Waals surface area contributed by atoms with Crippen LogP contribution in [0, 0.1) is 0 Å². The molecule has 2 aromatic rings. The van der Waals surface area contributed by atoms with Crippen molar-refractivity contribution in [2.75, 3.05) is 5.32 Å². The Labute approximate surface area is 115 Å². The minimum absolute atomic E-state index is 0.292. The number of aliphatic carboxylic acids is 1. The van der Waals surface area contributed by atoms with E-state index in [2.05, 4.69) is 10.3 Å². The number of rotatable bonds is 4. The van der Waals surface area contributed by atoms with Crippen molar-refractivity contribution < 1.29 is 14.7 Å². The maximum Gasteiger partial charge on any atom is 0.328 e. The Morgan fingerprint density at radius 3 is 2.45 bits per heavy atom. The first-order valence-corrected chi connectivity index (χ1v) is 5.88. The molecule has 0 radical (unpaired) electrons. The molecule has 0 atom stereocenters. The number of carboxylic acid groups (broad SMARTS) is 1. The predicted octanol–water partition coefficient (Wildman–Crippen LogP) is 2.43. The molecule has 5 heteroatoms. The number of carbonyl (C=O) groups excluding carboxylic acids is 1. The van der Waals surface area contributed by atoms with Crippen LogP contribution in [0.25, 0.3) is 6.08 Å². The Kier molecular flexibility index (Phi) is 4.24. The summed E-state index contributed by atoms with van der Waals surface area (Å²) in [5, 5.41) is 11.2. The molecule has 1 heterocycles. The highest BCUT2D eigenvalue weighted by molar-refractivity contribution is 6.02. The van der Waals surface area contributed by atoms with E-state index in [0.717, 1.165) is 11.6 Å². The number of carbonyl (C=O) groups is 2. The van der Waals surface area contributed by atoms with Crippen molar-refractivity contribution in [2.45, 2.75) is 0 Å². The number of carboxylic acids is 1. The van der Waals surface area contributed by atoms with Gasteiger partial charge in [0.2, 0.25) is 0 Å². The van der Waals surface area contributed by atoms with E-state index in [1.54, 1.807) is 48.7 Å². The maximum atomic E-state index is 11.8. The van der Waals surface area contributed by atoms with Crippen LogP contribution in [-0.4, -0.2) is 22.0 Å². The predicted molar refractivity (Wildman–Crippen MR) is 75.3 cm³/mol. The lowest BCUT2D eigenvalue weighted by Gasteiger charge is -2.04. The number of benzene rings is 1. The summed E-state index contributed by atoms with van der Waals surface area (Å²) in [5.41, 5.74) is 1.69. The monoisotopic (exact) mass is 268 g/mol. The summed E-state index contributed by atoms with van der Waals surface area (Å²) in [6, 6.07) is 11.9. The third kappa shape index (κ3) is 3.78. The second-order valence-electron chi connectivity index (χ2n) is 3.96. The van der Waals surface area contributed by atoms with Crippen molar-refractivity contribution in [1.82, 2.24) is 4.98 Å². The summed E-state index contributed by atoms with van der Waals surface area (Å²) in [7, 11) is 0. The van der Waals surface area contributed by atoms with Gasteiger partial charge in [-0.25, -0.2) is 4.79 Å². The van der Waals surface area contributed by atoms with Gasteiger partial charge >= 0.3 is 5.97 Å². The molecular formula is C15H12N2O3. The van der Waals surface area contributed by atoms with Crippen LogP contribution in [0.1, 0.15) is 16.1 Å². The SMILES string of the molecule is O=C(O)/C=C/c1ccc(NC(=O)c2ccccn2)cc1. The van der Waals surface area contributed by atoms with Crippen molar-refractivity contribution in [2.24, 2.45) is 0 Å². The third-order valence-electron chi connectivity index (χ3n) is 2.48. The zero-order valence-electron chi connectivity index (χ0n) is 10.5. The fourth-order valence-electron chi connectivity index (χ4n) is 1.54. The van der Waals surface area contributed by atoms with Crippen LogP contribution in [0.2, 0.25) is 0 Å². The van der Waals surface area contributed by atoms with Gasteiger partial charge in [0.05, 0.1) is 0 Å². The van der Waals surface area contributed by atoms with Crippen molar-refractivity contribution in [1.29, 1.82) is 0 Å². The van der Waals surface area contributed by atoms with E-state index in [9.17, 15) is 9.59 Å². The van der Waals surface area contributed by atoms with Crippen LogP contribution in [0.3, 0.4) is 0 Å². The third-order valence-corrected chi connectivity index (χ3v) is 2.48. The zero-order valence-corrected chi connectivity index (χ0v) is 10.5. The molecule has 2 rings (SSSR count). The number of anilines is 1. The molecule has 0 bridgehead atoms. The minimum atomic E-state index is -1.00. The molecule has 0 aliphatic rings. The highest BCUT2D eigenvalue weighted by Gasteiger charge is 2.05. The Morgan fingerprint density at radius 2 is 1.85 bits per heavy atom. The molecule has 0 aliphatic carbocycles. The lowest BCUT2D eigenvalue weighted by Crippen LogP contribution is -2.13. The average Bonchev–Trinajstić information content (AvgIpc) is 2.47. The molecule has 0 spiro atoms. The Balaban J connectivity index is 2.04. The van der Waals surface area contributed by atoms with Gasteiger partial charge in [-0.3, -0.25) is 9.78 Å². The number of nitrogens with one attached hydrogen (secondary N) is 1. The smallest absolute Gasteiger partial charge is 0.328 e. The lowest BCUT2D eigenvalue weighted by molar-refractivity contribution is -0.131. The van der Waals surface area contributed by atoms with E-state index < -0.39 is 5.97 Å². The molecule has 100 valence electrons. The Morgan fingerprint density at radius 1 is 1.10 bits per heavy atom.